The maximum Gasteiger partial charge on any atom is 0.253 e. The van der Waals surface area contributed by atoms with Crippen LogP contribution in [0, 0.1) is 5.41 Å². The maximum atomic E-state index is 12.7. The fourth-order valence-corrected chi connectivity index (χ4v) is 2.47. The third-order valence-corrected chi connectivity index (χ3v) is 4.05. The molecule has 0 fully saturated rings. The van der Waals surface area contributed by atoms with E-state index in [-0.39, 0.29) is 11.8 Å². The summed E-state index contributed by atoms with van der Waals surface area (Å²) in [6, 6.07) is 14.7. The third-order valence-electron chi connectivity index (χ3n) is 4.05. The lowest BCUT2D eigenvalue weighted by Gasteiger charge is -2.20. The zero-order chi connectivity index (χ0) is 20.0. The van der Waals surface area contributed by atoms with Gasteiger partial charge in [-0.2, -0.15) is 0 Å². The number of amides is 2. The molecule has 0 aliphatic carbocycles. The number of ether oxygens (including phenoxy) is 1. The van der Waals surface area contributed by atoms with Gasteiger partial charge in [0.05, 0.1) is 6.61 Å². The van der Waals surface area contributed by atoms with Gasteiger partial charge in [-0.25, -0.2) is 0 Å². The summed E-state index contributed by atoms with van der Waals surface area (Å²) >= 11 is 0. The van der Waals surface area contributed by atoms with Crippen molar-refractivity contribution >= 4 is 17.5 Å². The van der Waals surface area contributed by atoms with E-state index in [9.17, 15) is 9.59 Å². The molecule has 2 aromatic carbocycles. The lowest BCUT2D eigenvalue weighted by molar-refractivity contribution is -0.123. The van der Waals surface area contributed by atoms with Crippen LogP contribution in [0.2, 0.25) is 0 Å². The highest BCUT2D eigenvalue weighted by Crippen LogP contribution is 2.19. The van der Waals surface area contributed by atoms with E-state index in [0.29, 0.717) is 24.4 Å². The zero-order valence-corrected chi connectivity index (χ0v) is 16.7. The van der Waals surface area contributed by atoms with Crippen molar-refractivity contribution in [2.45, 2.75) is 34.2 Å². The second kappa shape index (κ2) is 8.71. The number of nitrogens with zero attached hydrogens (tertiary/aromatic N) is 1. The van der Waals surface area contributed by atoms with Crippen molar-refractivity contribution < 1.29 is 14.3 Å². The van der Waals surface area contributed by atoms with E-state index in [1.54, 1.807) is 36.2 Å². The van der Waals surface area contributed by atoms with Crippen molar-refractivity contribution in [2.24, 2.45) is 5.41 Å². The number of rotatable bonds is 6. The molecule has 5 heteroatoms. The Balaban J connectivity index is 2.05. The van der Waals surface area contributed by atoms with Crippen LogP contribution >= 0.6 is 0 Å². The number of carbonyl (C=O) groups excluding carboxylic acids is 2. The molecule has 0 heterocycles. The monoisotopic (exact) mass is 368 g/mol. The number of hydrogen-bond acceptors (Lipinski definition) is 3. The summed E-state index contributed by atoms with van der Waals surface area (Å²) in [5.74, 6) is 0.628. The Kier molecular flexibility index (Phi) is 6.61. The molecule has 0 atom stereocenters. The molecule has 0 aliphatic heterocycles. The second-order valence-electron chi connectivity index (χ2n) is 7.52. The van der Waals surface area contributed by atoms with E-state index in [4.69, 9.17) is 4.74 Å². The van der Waals surface area contributed by atoms with Crippen LogP contribution in [0.4, 0.5) is 5.69 Å². The molecule has 2 rings (SSSR count). The van der Waals surface area contributed by atoms with Crippen LogP contribution in [0.5, 0.6) is 5.75 Å². The Hall–Kier alpha value is -2.82. The normalized spacial score (nSPS) is 11.0. The average molecular weight is 368 g/mol. The fraction of sp³-hybridized carbons (Fsp3) is 0.364. The third kappa shape index (κ3) is 5.84. The first-order valence-corrected chi connectivity index (χ1v) is 9.09. The minimum absolute atomic E-state index is 0.0881. The number of benzene rings is 2. The van der Waals surface area contributed by atoms with Crippen molar-refractivity contribution in [3.8, 4) is 5.75 Å². The predicted octanol–water partition coefficient (Wildman–Crippen LogP) is 4.34. The van der Waals surface area contributed by atoms with Gasteiger partial charge in [-0.1, -0.05) is 39.0 Å². The van der Waals surface area contributed by atoms with Gasteiger partial charge in [0.2, 0.25) is 5.91 Å². The van der Waals surface area contributed by atoms with E-state index in [0.717, 1.165) is 11.3 Å². The van der Waals surface area contributed by atoms with Crippen LogP contribution in [0.3, 0.4) is 0 Å². The molecule has 0 spiro atoms. The Morgan fingerprint density at radius 1 is 1.07 bits per heavy atom. The molecule has 5 nitrogen and oxygen atoms in total. The van der Waals surface area contributed by atoms with Gasteiger partial charge in [-0.15, -0.1) is 0 Å². The van der Waals surface area contributed by atoms with Crippen molar-refractivity contribution in [3.05, 3.63) is 59.7 Å². The smallest absolute Gasteiger partial charge is 0.253 e. The second-order valence-corrected chi connectivity index (χ2v) is 7.52. The first-order chi connectivity index (χ1) is 12.7. The molecule has 0 bridgehead atoms. The van der Waals surface area contributed by atoms with Gasteiger partial charge in [-0.05, 0) is 42.8 Å². The standard InChI is InChI=1S/C22H28N2O3/c1-6-27-19-12-10-16(11-13-19)15-24(5)20(25)17-8-7-9-18(14-17)23-21(26)22(2,3)4/h7-14H,6,15H2,1-5H3,(H,23,26). The molecule has 0 radical (unpaired) electrons. The molecule has 0 saturated heterocycles. The summed E-state index contributed by atoms with van der Waals surface area (Å²) in [5, 5.41) is 2.86. The quantitative estimate of drug-likeness (QED) is 0.825. The highest BCUT2D eigenvalue weighted by Gasteiger charge is 2.21. The summed E-state index contributed by atoms with van der Waals surface area (Å²) in [7, 11) is 1.76. The Labute approximate surface area is 161 Å². The molecule has 0 aromatic heterocycles. The van der Waals surface area contributed by atoms with Crippen LogP contribution in [0.15, 0.2) is 48.5 Å². The molecule has 0 saturated carbocycles. The molecule has 144 valence electrons. The van der Waals surface area contributed by atoms with Gasteiger partial charge in [0.15, 0.2) is 0 Å². The van der Waals surface area contributed by atoms with Crippen LogP contribution in [0.25, 0.3) is 0 Å². The van der Waals surface area contributed by atoms with Gasteiger partial charge in [0.25, 0.3) is 5.91 Å². The largest absolute Gasteiger partial charge is 0.494 e. The molecular formula is C22H28N2O3. The van der Waals surface area contributed by atoms with Crippen LogP contribution in [-0.2, 0) is 11.3 Å². The van der Waals surface area contributed by atoms with Crippen LogP contribution < -0.4 is 10.1 Å². The zero-order valence-electron chi connectivity index (χ0n) is 16.7. The number of nitrogens with one attached hydrogen (secondary N) is 1. The van der Waals surface area contributed by atoms with Crippen molar-refractivity contribution in [2.75, 3.05) is 19.0 Å². The summed E-state index contributed by atoms with van der Waals surface area (Å²) < 4.78 is 5.44. The molecule has 27 heavy (non-hydrogen) atoms. The number of anilines is 1. The van der Waals surface area contributed by atoms with Crippen LogP contribution in [-0.4, -0.2) is 30.4 Å². The number of carbonyl (C=O) groups is 2. The Morgan fingerprint density at radius 3 is 2.33 bits per heavy atom. The van der Waals surface area contributed by atoms with Gasteiger partial charge >= 0.3 is 0 Å². The van der Waals surface area contributed by atoms with Gasteiger partial charge in [0.1, 0.15) is 5.75 Å². The van der Waals surface area contributed by atoms with Crippen molar-refractivity contribution in [1.82, 2.24) is 4.90 Å². The molecule has 0 unspecified atom stereocenters. The van der Waals surface area contributed by atoms with Gasteiger partial charge < -0.3 is 15.0 Å². The summed E-state index contributed by atoms with van der Waals surface area (Å²) in [6.45, 7) is 8.61. The minimum Gasteiger partial charge on any atom is -0.494 e. The van der Waals surface area contributed by atoms with Gasteiger partial charge in [-0.3, -0.25) is 9.59 Å². The highest BCUT2D eigenvalue weighted by atomic mass is 16.5. The van der Waals surface area contributed by atoms with Crippen molar-refractivity contribution in [1.29, 1.82) is 0 Å². The molecule has 2 amide bonds. The molecule has 2 aromatic rings. The van der Waals surface area contributed by atoms with Crippen LogP contribution in [0.1, 0.15) is 43.6 Å². The first-order valence-electron chi connectivity index (χ1n) is 9.09. The van der Waals surface area contributed by atoms with E-state index >= 15 is 0 Å². The first kappa shape index (κ1) is 20.5. The molecule has 0 aliphatic rings. The minimum atomic E-state index is -0.496. The molecular weight excluding hydrogens is 340 g/mol. The fourth-order valence-electron chi connectivity index (χ4n) is 2.47. The molecule has 1 N–H and O–H groups in total. The highest BCUT2D eigenvalue weighted by molar-refractivity contribution is 5.98. The van der Waals surface area contributed by atoms with E-state index in [1.807, 2.05) is 52.0 Å². The Bertz CT molecular complexity index is 792. The maximum absolute atomic E-state index is 12.7. The van der Waals surface area contributed by atoms with E-state index < -0.39 is 5.41 Å². The Morgan fingerprint density at radius 2 is 1.74 bits per heavy atom. The summed E-state index contributed by atoms with van der Waals surface area (Å²) in [6.07, 6.45) is 0. The SMILES string of the molecule is CCOc1ccc(CN(C)C(=O)c2cccc(NC(=O)C(C)(C)C)c2)cc1. The van der Waals surface area contributed by atoms with E-state index in [1.165, 1.54) is 0 Å². The topological polar surface area (TPSA) is 58.6 Å². The van der Waals surface area contributed by atoms with Gasteiger partial charge in [0, 0.05) is 30.3 Å². The summed E-state index contributed by atoms with van der Waals surface area (Å²) in [5.41, 5.74) is 1.68. The van der Waals surface area contributed by atoms with Crippen molar-refractivity contribution in [3.63, 3.8) is 0 Å². The number of hydrogen-bond donors (Lipinski definition) is 1. The summed E-state index contributed by atoms with van der Waals surface area (Å²) in [4.78, 5) is 26.5. The predicted molar refractivity (Wildman–Crippen MR) is 108 cm³/mol. The lowest BCUT2D eigenvalue weighted by Crippen LogP contribution is -2.28. The lowest BCUT2D eigenvalue weighted by atomic mass is 9.95. The average Bonchev–Trinajstić information content (AvgIpc) is 2.62. The van der Waals surface area contributed by atoms with E-state index in [2.05, 4.69) is 5.32 Å².